The topological polar surface area (TPSA) is 24.4 Å². The Kier molecular flexibility index (Phi) is 6.56. The summed E-state index contributed by atoms with van der Waals surface area (Å²) in [5.74, 6) is 0. The van der Waals surface area contributed by atoms with Crippen LogP contribution >= 0.6 is 12.2 Å². The molecule has 0 amide bonds. The van der Waals surface area contributed by atoms with Gasteiger partial charge in [0.15, 0.2) is 0 Å². The number of isothiocyanates is 1. The Bertz CT molecular complexity index is 86.4. The molecule has 0 aliphatic carbocycles. The summed E-state index contributed by atoms with van der Waals surface area (Å²) >= 11 is 4.36. The molecule has 0 aromatic heterocycles. The number of hydrogen-bond donors (Lipinski definition) is 1. The summed E-state index contributed by atoms with van der Waals surface area (Å²) in [6, 6.07) is 0. The van der Waals surface area contributed by atoms with Gasteiger partial charge in [-0.05, 0) is 18.8 Å². The zero-order valence-corrected chi connectivity index (χ0v) is 5.79. The smallest absolute Gasteiger partial charge is 0.0617 e. The second-order valence-electron chi connectivity index (χ2n) is 1.33. The van der Waals surface area contributed by atoms with Crippen LogP contribution in [0.25, 0.3) is 0 Å². The summed E-state index contributed by atoms with van der Waals surface area (Å²) in [7, 11) is 0. The number of nitrogens with zero attached hydrogens (tertiary/aromatic N) is 1. The molecule has 0 aromatic rings. The molecule has 0 unspecified atom stereocenters. The van der Waals surface area contributed by atoms with E-state index in [1.807, 2.05) is 0 Å². The summed E-state index contributed by atoms with van der Waals surface area (Å²) in [4.78, 5) is 3.71. The highest BCUT2D eigenvalue weighted by molar-refractivity contribution is 7.78. The summed E-state index contributed by atoms with van der Waals surface area (Å²) in [5, 5.41) is 5.40. The molecular weight excluding hydrogens is 120 g/mol. The summed E-state index contributed by atoms with van der Waals surface area (Å²) in [6.45, 7) is 4.70. The van der Waals surface area contributed by atoms with Gasteiger partial charge in [-0.25, -0.2) is 4.99 Å². The molecule has 0 fully saturated rings. The fourth-order valence-electron chi connectivity index (χ4n) is 0.357. The molecule has 0 spiro atoms. The molecule has 0 aromatic carbocycles. The molecule has 0 saturated carbocycles. The standard InChI is InChI=1S/C5H10N2S/c1-2-6-3-4-7-5-8/h6H,2-4H2,1H3. The van der Waals surface area contributed by atoms with Crippen molar-refractivity contribution in [2.45, 2.75) is 6.92 Å². The van der Waals surface area contributed by atoms with Crippen molar-refractivity contribution in [1.82, 2.24) is 5.32 Å². The van der Waals surface area contributed by atoms with E-state index in [0.29, 0.717) is 0 Å². The molecule has 3 heteroatoms. The van der Waals surface area contributed by atoms with Crippen molar-refractivity contribution < 1.29 is 0 Å². The first-order valence-electron chi connectivity index (χ1n) is 2.66. The van der Waals surface area contributed by atoms with Crippen LogP contribution in [0.5, 0.6) is 0 Å². The molecule has 0 aliphatic heterocycles. The van der Waals surface area contributed by atoms with E-state index in [1.165, 1.54) is 0 Å². The molecule has 0 atom stereocenters. The van der Waals surface area contributed by atoms with Crippen LogP contribution in [0.2, 0.25) is 0 Å². The van der Waals surface area contributed by atoms with E-state index in [0.717, 1.165) is 19.6 Å². The van der Waals surface area contributed by atoms with Gasteiger partial charge in [0.2, 0.25) is 0 Å². The highest BCUT2D eigenvalue weighted by Gasteiger charge is 1.76. The first kappa shape index (κ1) is 7.76. The lowest BCUT2D eigenvalue weighted by atomic mass is 10.6. The largest absolute Gasteiger partial charge is 0.315 e. The number of aliphatic imine (C=N–C) groups is 1. The van der Waals surface area contributed by atoms with Crippen LogP contribution in [0.4, 0.5) is 0 Å². The van der Waals surface area contributed by atoms with Crippen molar-refractivity contribution >= 4 is 17.4 Å². The van der Waals surface area contributed by atoms with Gasteiger partial charge in [-0.2, -0.15) is 0 Å². The van der Waals surface area contributed by atoms with Gasteiger partial charge in [0.25, 0.3) is 0 Å². The Morgan fingerprint density at radius 2 is 2.50 bits per heavy atom. The number of rotatable bonds is 4. The predicted octanol–water partition coefficient (Wildman–Crippen LogP) is 0.699. The molecule has 0 saturated heterocycles. The molecule has 0 heterocycles. The summed E-state index contributed by atoms with van der Waals surface area (Å²) in [6.07, 6.45) is 0. The first-order chi connectivity index (χ1) is 3.91. The van der Waals surface area contributed by atoms with Crippen molar-refractivity contribution in [1.29, 1.82) is 0 Å². The molecule has 0 aliphatic rings. The molecule has 8 heavy (non-hydrogen) atoms. The minimum absolute atomic E-state index is 0.747. The number of likely N-dealkylation sites (N-methyl/N-ethyl adjacent to an activating group) is 1. The van der Waals surface area contributed by atoms with Gasteiger partial charge < -0.3 is 5.32 Å². The van der Waals surface area contributed by atoms with E-state index >= 15 is 0 Å². The van der Waals surface area contributed by atoms with Crippen LogP contribution < -0.4 is 5.32 Å². The van der Waals surface area contributed by atoms with Crippen molar-refractivity contribution in [3.05, 3.63) is 0 Å². The summed E-state index contributed by atoms with van der Waals surface area (Å²) in [5.41, 5.74) is 0. The highest BCUT2D eigenvalue weighted by atomic mass is 32.1. The Hall–Kier alpha value is -0.240. The van der Waals surface area contributed by atoms with E-state index in [1.54, 1.807) is 0 Å². The lowest BCUT2D eigenvalue weighted by Crippen LogP contribution is -2.16. The molecular formula is C5H10N2S. The van der Waals surface area contributed by atoms with Crippen molar-refractivity contribution in [3.8, 4) is 0 Å². The van der Waals surface area contributed by atoms with E-state index in [-0.39, 0.29) is 0 Å². The molecule has 1 N–H and O–H groups in total. The molecule has 2 nitrogen and oxygen atoms in total. The van der Waals surface area contributed by atoms with E-state index in [9.17, 15) is 0 Å². The van der Waals surface area contributed by atoms with Crippen LogP contribution in [0.15, 0.2) is 4.99 Å². The molecule has 46 valence electrons. The lowest BCUT2D eigenvalue weighted by molar-refractivity contribution is 0.727. The Labute approximate surface area is 55.0 Å². The number of hydrogen-bond acceptors (Lipinski definition) is 3. The number of thiocarbonyl (C=S) groups is 1. The predicted molar refractivity (Wildman–Crippen MR) is 38.4 cm³/mol. The van der Waals surface area contributed by atoms with Gasteiger partial charge >= 0.3 is 0 Å². The fourth-order valence-corrected chi connectivity index (χ4v) is 0.449. The zero-order valence-electron chi connectivity index (χ0n) is 4.98. The highest BCUT2D eigenvalue weighted by Crippen LogP contribution is 1.62. The van der Waals surface area contributed by atoms with Crippen LogP contribution in [0.3, 0.4) is 0 Å². The third-order valence-electron chi connectivity index (χ3n) is 0.715. The molecule has 0 bridgehead atoms. The van der Waals surface area contributed by atoms with E-state index < -0.39 is 0 Å². The number of nitrogens with one attached hydrogen (secondary N) is 1. The second kappa shape index (κ2) is 6.76. The maximum absolute atomic E-state index is 4.36. The minimum atomic E-state index is 0.747. The third-order valence-corrected chi connectivity index (χ3v) is 0.844. The minimum Gasteiger partial charge on any atom is -0.315 e. The fraction of sp³-hybridized carbons (Fsp3) is 0.800. The van der Waals surface area contributed by atoms with Gasteiger partial charge in [-0.1, -0.05) is 6.92 Å². The van der Waals surface area contributed by atoms with Gasteiger partial charge in [0.1, 0.15) is 0 Å². The van der Waals surface area contributed by atoms with Crippen LogP contribution in [0, 0.1) is 0 Å². The Morgan fingerprint density at radius 1 is 1.75 bits per heavy atom. The molecule has 0 rings (SSSR count). The zero-order chi connectivity index (χ0) is 6.24. The average Bonchev–Trinajstić information content (AvgIpc) is 1.81. The van der Waals surface area contributed by atoms with E-state index in [2.05, 4.69) is 34.6 Å². The monoisotopic (exact) mass is 130 g/mol. The van der Waals surface area contributed by atoms with Crippen LogP contribution in [-0.2, 0) is 0 Å². The van der Waals surface area contributed by atoms with Gasteiger partial charge in [0.05, 0.1) is 11.7 Å². The normalized spacial score (nSPS) is 8.12. The van der Waals surface area contributed by atoms with Gasteiger partial charge in [-0.15, -0.1) is 0 Å². The van der Waals surface area contributed by atoms with Crippen LogP contribution in [0.1, 0.15) is 6.92 Å². The van der Waals surface area contributed by atoms with Crippen LogP contribution in [-0.4, -0.2) is 24.8 Å². The van der Waals surface area contributed by atoms with Gasteiger partial charge in [-0.3, -0.25) is 0 Å². The lowest BCUT2D eigenvalue weighted by Gasteiger charge is -1.92. The van der Waals surface area contributed by atoms with Crippen molar-refractivity contribution in [3.63, 3.8) is 0 Å². The van der Waals surface area contributed by atoms with Crippen molar-refractivity contribution in [2.75, 3.05) is 19.6 Å². The second-order valence-corrected chi connectivity index (χ2v) is 1.51. The SMILES string of the molecule is CCNCCN=C=S. The molecule has 0 radical (unpaired) electrons. The summed E-state index contributed by atoms with van der Waals surface area (Å²) < 4.78 is 0. The Morgan fingerprint density at radius 3 is 3.00 bits per heavy atom. The quantitative estimate of drug-likeness (QED) is 0.344. The Balaban J connectivity index is 2.82. The maximum Gasteiger partial charge on any atom is 0.0617 e. The first-order valence-corrected chi connectivity index (χ1v) is 3.07. The maximum atomic E-state index is 4.36. The van der Waals surface area contributed by atoms with Gasteiger partial charge in [0, 0.05) is 6.54 Å². The van der Waals surface area contributed by atoms with Crippen molar-refractivity contribution in [2.24, 2.45) is 4.99 Å². The van der Waals surface area contributed by atoms with E-state index in [4.69, 9.17) is 0 Å². The average molecular weight is 130 g/mol. The third kappa shape index (κ3) is 5.76.